The van der Waals surface area contributed by atoms with Crippen LogP contribution in [-0.2, 0) is 0 Å². The van der Waals surface area contributed by atoms with Gasteiger partial charge < -0.3 is 0 Å². The van der Waals surface area contributed by atoms with Gasteiger partial charge in [-0.3, -0.25) is 10.1 Å². The van der Waals surface area contributed by atoms with Gasteiger partial charge in [0, 0.05) is 17.7 Å². The fraction of sp³-hybridized carbons (Fsp3) is 0.182. The van der Waals surface area contributed by atoms with E-state index in [1.807, 2.05) is 0 Å². The predicted octanol–water partition coefficient (Wildman–Crippen LogP) is 2.06. The normalized spacial score (nSPS) is 10.2. The largest absolute Gasteiger partial charge is 0.269 e. The molecule has 6 heteroatoms. The molecule has 86 valence electrons. The zero-order valence-electron chi connectivity index (χ0n) is 9.41. The lowest BCUT2D eigenvalue weighted by Crippen LogP contribution is -1.98. The van der Waals surface area contributed by atoms with Crippen LogP contribution in [0.5, 0.6) is 0 Å². The van der Waals surface area contributed by atoms with Gasteiger partial charge in [0.25, 0.3) is 5.69 Å². The molecule has 1 aromatic carbocycles. The van der Waals surface area contributed by atoms with Crippen LogP contribution in [0.4, 0.5) is 5.69 Å². The molecular formula is C11H10N4O2. The molecule has 0 bridgehead atoms. The van der Waals surface area contributed by atoms with E-state index in [-0.39, 0.29) is 5.69 Å². The van der Waals surface area contributed by atoms with Crippen molar-refractivity contribution in [3.8, 4) is 11.4 Å². The fourth-order valence-corrected chi connectivity index (χ4v) is 1.48. The third-order valence-corrected chi connectivity index (χ3v) is 2.20. The zero-order valence-corrected chi connectivity index (χ0v) is 9.41. The summed E-state index contributed by atoms with van der Waals surface area (Å²) < 4.78 is 0. The highest BCUT2D eigenvalue weighted by atomic mass is 16.6. The minimum Gasteiger partial charge on any atom is -0.258 e. The highest BCUT2D eigenvalue weighted by molar-refractivity contribution is 5.57. The summed E-state index contributed by atoms with van der Waals surface area (Å²) in [7, 11) is 0. The molecule has 1 heterocycles. The quantitative estimate of drug-likeness (QED) is 0.582. The van der Waals surface area contributed by atoms with Crippen LogP contribution in [0.25, 0.3) is 11.4 Å². The molecule has 0 saturated carbocycles. The summed E-state index contributed by atoms with van der Waals surface area (Å²) in [6.45, 7) is 3.56. The summed E-state index contributed by atoms with van der Waals surface area (Å²) in [5, 5.41) is 10.5. The Morgan fingerprint density at radius 1 is 1.00 bits per heavy atom. The van der Waals surface area contributed by atoms with Crippen molar-refractivity contribution in [2.75, 3.05) is 0 Å². The Morgan fingerprint density at radius 2 is 1.53 bits per heavy atom. The highest BCUT2D eigenvalue weighted by Crippen LogP contribution is 2.19. The Hall–Kier alpha value is -2.37. The summed E-state index contributed by atoms with van der Waals surface area (Å²) in [6, 6.07) is 6.13. The Kier molecular flexibility index (Phi) is 2.78. The molecule has 2 aromatic rings. The summed E-state index contributed by atoms with van der Waals surface area (Å²) >= 11 is 0. The summed E-state index contributed by atoms with van der Waals surface area (Å²) in [5.41, 5.74) is 0.792. The molecular weight excluding hydrogens is 220 g/mol. The molecule has 0 amide bonds. The van der Waals surface area contributed by atoms with Crippen molar-refractivity contribution in [3.05, 3.63) is 46.0 Å². The number of non-ortho nitro benzene ring substituents is 1. The SMILES string of the molecule is Cc1nc(C)nc(-c2ccc([N+](=O)[O-])cc2)n1. The number of nitro groups is 1. The highest BCUT2D eigenvalue weighted by Gasteiger charge is 2.07. The molecule has 0 saturated heterocycles. The summed E-state index contributed by atoms with van der Waals surface area (Å²) in [4.78, 5) is 22.5. The van der Waals surface area contributed by atoms with E-state index in [4.69, 9.17) is 0 Å². The number of aryl methyl sites for hydroxylation is 2. The first-order chi connectivity index (χ1) is 8.06. The Bertz CT molecular complexity index is 546. The van der Waals surface area contributed by atoms with Crippen molar-refractivity contribution >= 4 is 5.69 Å². The minimum atomic E-state index is -0.437. The van der Waals surface area contributed by atoms with Crippen molar-refractivity contribution in [3.63, 3.8) is 0 Å². The molecule has 0 aliphatic heterocycles. The van der Waals surface area contributed by atoms with E-state index < -0.39 is 4.92 Å². The van der Waals surface area contributed by atoms with Crippen LogP contribution >= 0.6 is 0 Å². The van der Waals surface area contributed by atoms with E-state index in [1.165, 1.54) is 12.1 Å². The third kappa shape index (κ3) is 2.41. The van der Waals surface area contributed by atoms with Gasteiger partial charge in [0.05, 0.1) is 4.92 Å². The smallest absolute Gasteiger partial charge is 0.258 e. The molecule has 0 aliphatic carbocycles. The number of aromatic nitrogens is 3. The average molecular weight is 230 g/mol. The van der Waals surface area contributed by atoms with Crippen molar-refractivity contribution in [2.24, 2.45) is 0 Å². The monoisotopic (exact) mass is 230 g/mol. The Labute approximate surface area is 97.5 Å². The lowest BCUT2D eigenvalue weighted by Gasteiger charge is -2.02. The molecule has 0 unspecified atom stereocenters. The number of nitrogens with zero attached hydrogens (tertiary/aromatic N) is 4. The second-order valence-electron chi connectivity index (χ2n) is 3.56. The molecule has 17 heavy (non-hydrogen) atoms. The van der Waals surface area contributed by atoms with Gasteiger partial charge in [0.1, 0.15) is 11.6 Å². The summed E-state index contributed by atoms with van der Waals surface area (Å²) in [6.07, 6.45) is 0. The van der Waals surface area contributed by atoms with Crippen molar-refractivity contribution in [1.29, 1.82) is 0 Å². The van der Waals surface area contributed by atoms with Gasteiger partial charge in [-0.25, -0.2) is 15.0 Å². The van der Waals surface area contributed by atoms with Crippen molar-refractivity contribution < 1.29 is 4.92 Å². The van der Waals surface area contributed by atoms with Gasteiger partial charge in [0.15, 0.2) is 5.82 Å². The van der Waals surface area contributed by atoms with Gasteiger partial charge in [-0.2, -0.15) is 0 Å². The molecule has 0 fully saturated rings. The Morgan fingerprint density at radius 3 is 2.00 bits per heavy atom. The molecule has 0 atom stereocenters. The van der Waals surface area contributed by atoms with Gasteiger partial charge in [-0.1, -0.05) is 0 Å². The first-order valence-corrected chi connectivity index (χ1v) is 5.00. The van der Waals surface area contributed by atoms with E-state index in [2.05, 4.69) is 15.0 Å². The number of hydrogen-bond acceptors (Lipinski definition) is 5. The Balaban J connectivity index is 2.43. The first kappa shape index (κ1) is 11.1. The van der Waals surface area contributed by atoms with E-state index in [1.54, 1.807) is 26.0 Å². The van der Waals surface area contributed by atoms with Gasteiger partial charge in [-0.15, -0.1) is 0 Å². The molecule has 2 rings (SSSR count). The number of hydrogen-bond donors (Lipinski definition) is 0. The predicted molar refractivity (Wildman–Crippen MR) is 61.4 cm³/mol. The summed E-state index contributed by atoms with van der Waals surface area (Å²) in [5.74, 6) is 1.79. The number of rotatable bonds is 2. The van der Waals surface area contributed by atoms with Gasteiger partial charge >= 0.3 is 0 Å². The number of nitro benzene ring substituents is 1. The molecule has 0 N–H and O–H groups in total. The van der Waals surface area contributed by atoms with Crippen LogP contribution in [0.2, 0.25) is 0 Å². The maximum absolute atomic E-state index is 10.5. The standard InChI is InChI=1S/C11H10N4O2/c1-7-12-8(2)14-11(13-7)9-3-5-10(6-4-9)15(16)17/h3-6H,1-2H3. The molecule has 6 nitrogen and oxygen atoms in total. The fourth-order valence-electron chi connectivity index (χ4n) is 1.48. The first-order valence-electron chi connectivity index (χ1n) is 5.00. The second-order valence-corrected chi connectivity index (χ2v) is 3.56. The van der Waals surface area contributed by atoms with Crippen molar-refractivity contribution in [1.82, 2.24) is 15.0 Å². The average Bonchev–Trinajstić information content (AvgIpc) is 2.28. The van der Waals surface area contributed by atoms with Crippen LogP contribution in [-0.4, -0.2) is 19.9 Å². The zero-order chi connectivity index (χ0) is 12.4. The second kappa shape index (κ2) is 4.25. The molecule has 0 radical (unpaired) electrons. The molecule has 0 aliphatic rings. The topological polar surface area (TPSA) is 81.8 Å². The van der Waals surface area contributed by atoms with Crippen molar-refractivity contribution in [2.45, 2.75) is 13.8 Å². The van der Waals surface area contributed by atoms with E-state index >= 15 is 0 Å². The lowest BCUT2D eigenvalue weighted by molar-refractivity contribution is -0.384. The van der Waals surface area contributed by atoms with Gasteiger partial charge in [-0.05, 0) is 26.0 Å². The van der Waals surface area contributed by atoms with Crippen LogP contribution in [0.3, 0.4) is 0 Å². The maximum atomic E-state index is 10.5. The minimum absolute atomic E-state index is 0.0521. The van der Waals surface area contributed by atoms with Crippen LogP contribution in [0, 0.1) is 24.0 Å². The molecule has 1 aromatic heterocycles. The van der Waals surface area contributed by atoms with E-state index in [9.17, 15) is 10.1 Å². The van der Waals surface area contributed by atoms with E-state index in [0.717, 1.165) is 5.56 Å². The van der Waals surface area contributed by atoms with Crippen LogP contribution in [0.1, 0.15) is 11.6 Å². The van der Waals surface area contributed by atoms with Crippen LogP contribution < -0.4 is 0 Å². The third-order valence-electron chi connectivity index (χ3n) is 2.20. The maximum Gasteiger partial charge on any atom is 0.269 e. The molecule has 0 spiro atoms. The van der Waals surface area contributed by atoms with E-state index in [0.29, 0.717) is 17.5 Å². The van der Waals surface area contributed by atoms with Crippen LogP contribution in [0.15, 0.2) is 24.3 Å². The van der Waals surface area contributed by atoms with Gasteiger partial charge in [0.2, 0.25) is 0 Å². The number of benzene rings is 1. The lowest BCUT2D eigenvalue weighted by atomic mass is 10.2.